The normalized spacial score (nSPS) is 18.6. The van der Waals surface area contributed by atoms with Gasteiger partial charge in [0.05, 0.1) is 10.5 Å². The summed E-state index contributed by atoms with van der Waals surface area (Å²) >= 11 is 8.69. The number of nitrogens with zero attached hydrogens (tertiary/aromatic N) is 1. The predicted molar refractivity (Wildman–Crippen MR) is 88.6 cm³/mol. The number of halogens is 5. The SMILES string of the molecule is O=C1C(I)C[C-]=C(c2ccc(Br)cc2Br)N1CC(F)F.[Y]. The third-order valence-corrected chi connectivity index (χ3v) is 4.88. The van der Waals surface area contributed by atoms with Gasteiger partial charge in [-0.25, -0.2) is 14.9 Å². The molecule has 1 atom stereocenters. The van der Waals surface area contributed by atoms with Crippen molar-refractivity contribution < 1.29 is 46.3 Å². The van der Waals surface area contributed by atoms with Gasteiger partial charge in [0.15, 0.2) is 0 Å². The Labute approximate surface area is 177 Å². The molecule has 1 aliphatic heterocycles. The van der Waals surface area contributed by atoms with E-state index in [1.807, 2.05) is 28.7 Å². The zero-order valence-corrected chi connectivity index (χ0v) is 18.8. The third kappa shape index (κ3) is 5.03. The number of rotatable bonds is 3. The van der Waals surface area contributed by atoms with Crippen LogP contribution in [0.15, 0.2) is 27.1 Å². The minimum atomic E-state index is -2.58. The first kappa shape index (κ1) is 20.1. The van der Waals surface area contributed by atoms with Crippen molar-refractivity contribution in [3.8, 4) is 0 Å². The Bertz CT molecular complexity index is 571. The van der Waals surface area contributed by atoms with Gasteiger partial charge in [0, 0.05) is 37.2 Å². The maximum absolute atomic E-state index is 12.7. The van der Waals surface area contributed by atoms with Crippen molar-refractivity contribution in [1.82, 2.24) is 4.90 Å². The van der Waals surface area contributed by atoms with Gasteiger partial charge in [-0.3, -0.25) is 4.79 Å². The van der Waals surface area contributed by atoms with Crippen LogP contribution in [0.4, 0.5) is 8.78 Å². The van der Waals surface area contributed by atoms with Gasteiger partial charge in [-0.1, -0.05) is 77.5 Å². The second kappa shape index (κ2) is 8.80. The molecule has 0 aromatic heterocycles. The summed E-state index contributed by atoms with van der Waals surface area (Å²) in [7, 11) is 0. The molecule has 0 saturated carbocycles. The summed E-state index contributed by atoms with van der Waals surface area (Å²) in [6.45, 7) is -0.608. The van der Waals surface area contributed by atoms with E-state index in [1.165, 1.54) is 0 Å². The molecule has 1 aliphatic rings. The number of allylic oxidation sites excluding steroid dienone is 1. The van der Waals surface area contributed by atoms with Gasteiger partial charge in [0.2, 0.25) is 5.91 Å². The number of carbonyl (C=O) groups is 1. The Morgan fingerprint density at radius 2 is 2.10 bits per heavy atom. The molecule has 1 aromatic carbocycles. The number of amides is 1. The summed E-state index contributed by atoms with van der Waals surface area (Å²) in [6, 6.07) is 5.39. The molecule has 0 saturated heterocycles. The van der Waals surface area contributed by atoms with Crippen LogP contribution in [-0.4, -0.2) is 27.7 Å². The van der Waals surface area contributed by atoms with Gasteiger partial charge >= 0.3 is 0 Å². The van der Waals surface area contributed by atoms with Crippen molar-refractivity contribution in [2.75, 3.05) is 6.54 Å². The van der Waals surface area contributed by atoms with Crippen LogP contribution in [0.5, 0.6) is 0 Å². The first-order valence-electron chi connectivity index (χ1n) is 5.70. The van der Waals surface area contributed by atoms with Gasteiger partial charge < -0.3 is 4.90 Å². The van der Waals surface area contributed by atoms with Crippen LogP contribution in [0, 0.1) is 6.08 Å². The van der Waals surface area contributed by atoms with Crippen LogP contribution in [-0.2, 0) is 37.5 Å². The monoisotopic (exact) mass is 607 g/mol. The fraction of sp³-hybridized carbons (Fsp3) is 0.308. The first-order chi connectivity index (χ1) is 9.40. The molecule has 0 N–H and O–H groups in total. The van der Waals surface area contributed by atoms with E-state index in [0.717, 1.165) is 13.8 Å². The summed E-state index contributed by atoms with van der Waals surface area (Å²) in [4.78, 5) is 13.2. The number of carbonyl (C=O) groups excluding carboxylic acids is 1. The van der Waals surface area contributed by atoms with E-state index in [1.54, 1.807) is 12.1 Å². The predicted octanol–water partition coefficient (Wildman–Crippen LogP) is 4.65. The summed E-state index contributed by atoms with van der Waals surface area (Å²) < 4.78 is 26.7. The van der Waals surface area contributed by atoms with Crippen molar-refractivity contribution >= 4 is 66.1 Å². The van der Waals surface area contributed by atoms with E-state index < -0.39 is 13.0 Å². The molecule has 1 aromatic rings. The minimum Gasteiger partial charge on any atom is -0.341 e. The standard InChI is InChI=1S/C13H9Br2F2INO.Y/c14-7-1-2-8(9(15)5-7)11-4-3-10(18)13(20)19(11)6-12(16)17;/h1-2,5,10,12H,3,6H2;/q-1;. The van der Waals surface area contributed by atoms with E-state index in [9.17, 15) is 13.6 Å². The Balaban J connectivity index is 0.00000220. The Morgan fingerprint density at radius 3 is 2.67 bits per heavy atom. The van der Waals surface area contributed by atoms with E-state index in [4.69, 9.17) is 0 Å². The largest absolute Gasteiger partial charge is 0.341 e. The second-order valence-electron chi connectivity index (χ2n) is 4.16. The van der Waals surface area contributed by atoms with E-state index in [0.29, 0.717) is 17.7 Å². The Morgan fingerprint density at radius 1 is 1.43 bits per heavy atom. The molecule has 0 bridgehead atoms. The van der Waals surface area contributed by atoms with Crippen LogP contribution in [0.3, 0.4) is 0 Å². The third-order valence-electron chi connectivity index (χ3n) is 2.76. The van der Waals surface area contributed by atoms with Crippen LogP contribution in [0.25, 0.3) is 5.70 Å². The zero-order valence-electron chi connectivity index (χ0n) is 10.6. The first-order valence-corrected chi connectivity index (χ1v) is 8.53. The molecule has 1 radical (unpaired) electrons. The number of benzene rings is 1. The fourth-order valence-electron chi connectivity index (χ4n) is 1.89. The summed E-state index contributed by atoms with van der Waals surface area (Å²) in [5, 5.41) is 0. The smallest absolute Gasteiger partial charge is 0.256 e. The van der Waals surface area contributed by atoms with Crippen LogP contribution in [0.2, 0.25) is 0 Å². The molecule has 1 amide bonds. The van der Waals surface area contributed by atoms with E-state index >= 15 is 0 Å². The Kier molecular flexibility index (Phi) is 8.44. The maximum atomic E-state index is 12.7. The zero-order chi connectivity index (χ0) is 14.9. The van der Waals surface area contributed by atoms with Gasteiger partial charge in [-0.2, -0.15) is 0 Å². The molecular formula is C13H9Br2F2INOY-. The van der Waals surface area contributed by atoms with Crippen LogP contribution < -0.4 is 0 Å². The molecular weight excluding hydrogens is 600 g/mol. The number of hydrogen-bond donors (Lipinski definition) is 0. The van der Waals surface area contributed by atoms with Crippen molar-refractivity contribution in [1.29, 1.82) is 0 Å². The maximum Gasteiger partial charge on any atom is 0.256 e. The molecule has 0 fully saturated rings. The van der Waals surface area contributed by atoms with E-state index in [2.05, 4.69) is 37.9 Å². The second-order valence-corrected chi connectivity index (χ2v) is 7.43. The van der Waals surface area contributed by atoms with Gasteiger partial charge in [-0.15, -0.1) is 17.3 Å². The van der Waals surface area contributed by atoms with Crippen molar-refractivity contribution in [3.05, 3.63) is 38.8 Å². The fourth-order valence-corrected chi connectivity index (χ4v) is 3.68. The summed E-state index contributed by atoms with van der Waals surface area (Å²) in [5.41, 5.74) is 1.10. The van der Waals surface area contributed by atoms with Gasteiger partial charge in [0.25, 0.3) is 6.43 Å². The van der Waals surface area contributed by atoms with Crippen LogP contribution in [0.1, 0.15) is 12.0 Å². The number of alkyl halides is 3. The molecule has 0 spiro atoms. The molecule has 1 heterocycles. The molecule has 1 unspecified atom stereocenters. The molecule has 8 heteroatoms. The topological polar surface area (TPSA) is 20.3 Å². The van der Waals surface area contributed by atoms with Crippen LogP contribution >= 0.6 is 54.5 Å². The van der Waals surface area contributed by atoms with Gasteiger partial charge in [0.1, 0.15) is 0 Å². The summed E-state index contributed by atoms with van der Waals surface area (Å²) in [5.74, 6) is -0.297. The molecule has 111 valence electrons. The molecule has 21 heavy (non-hydrogen) atoms. The van der Waals surface area contributed by atoms with E-state index in [-0.39, 0.29) is 42.5 Å². The quantitative estimate of drug-likeness (QED) is 0.278. The van der Waals surface area contributed by atoms with Gasteiger partial charge in [-0.05, 0) is 0 Å². The van der Waals surface area contributed by atoms with Crippen molar-refractivity contribution in [2.45, 2.75) is 16.8 Å². The minimum absolute atomic E-state index is 0. The molecule has 0 aliphatic carbocycles. The molecule has 2 rings (SSSR count). The van der Waals surface area contributed by atoms with Crippen molar-refractivity contribution in [3.63, 3.8) is 0 Å². The summed E-state index contributed by atoms with van der Waals surface area (Å²) in [6.07, 6.45) is 0.917. The van der Waals surface area contributed by atoms with Crippen molar-refractivity contribution in [2.24, 2.45) is 0 Å². The average molecular weight is 609 g/mol. The average Bonchev–Trinajstić information content (AvgIpc) is 2.36. The molecule has 2 nitrogen and oxygen atoms in total. The Hall–Kier alpha value is 1.08. The number of hydrogen-bond acceptors (Lipinski definition) is 1.